The first-order chi connectivity index (χ1) is 11.4. The number of aliphatic hydroxyl groups excluding tert-OH is 2. The lowest BCUT2D eigenvalue weighted by Gasteiger charge is -2.61. The van der Waals surface area contributed by atoms with Crippen molar-refractivity contribution in [3.05, 3.63) is 0 Å². The van der Waals surface area contributed by atoms with E-state index >= 15 is 0 Å². The summed E-state index contributed by atoms with van der Waals surface area (Å²) in [4.78, 5) is 0. The second-order valence-electron chi connectivity index (χ2n) is 10.4. The molecule has 0 aliphatic heterocycles. The Balaban J connectivity index is 1.58. The fourth-order valence-electron chi connectivity index (χ4n) is 8.35. The summed E-state index contributed by atoms with van der Waals surface area (Å²) in [5.74, 6) is 4.60. The number of rotatable bonds is 2. The predicted molar refractivity (Wildman–Crippen MR) is 97.5 cm³/mol. The van der Waals surface area contributed by atoms with Gasteiger partial charge >= 0.3 is 0 Å². The molecule has 0 aromatic heterocycles. The summed E-state index contributed by atoms with van der Waals surface area (Å²) in [5, 5.41) is 19.9. The lowest BCUT2D eigenvalue weighted by molar-refractivity contribution is -0.126. The SMILES string of the molecule is C[C@@H](O)[C@H]1CCC2C3CCC4CC(CO)CC[C@]4(C)C3CC[C@@]21C. The van der Waals surface area contributed by atoms with Crippen molar-refractivity contribution in [2.45, 2.75) is 84.7 Å². The largest absolute Gasteiger partial charge is 0.396 e. The molecule has 4 saturated carbocycles. The van der Waals surface area contributed by atoms with Gasteiger partial charge in [-0.1, -0.05) is 13.8 Å². The van der Waals surface area contributed by atoms with E-state index in [4.69, 9.17) is 0 Å². The van der Waals surface area contributed by atoms with E-state index in [0.717, 1.165) is 23.7 Å². The molecule has 5 unspecified atom stereocenters. The number of aliphatic hydroxyl groups is 2. The molecule has 9 atom stereocenters. The zero-order valence-corrected chi connectivity index (χ0v) is 16.0. The van der Waals surface area contributed by atoms with Gasteiger partial charge in [-0.15, -0.1) is 0 Å². The zero-order chi connectivity index (χ0) is 17.1. The quantitative estimate of drug-likeness (QED) is 0.772. The molecule has 0 spiro atoms. The molecule has 4 fully saturated rings. The van der Waals surface area contributed by atoms with Crippen molar-refractivity contribution < 1.29 is 10.2 Å². The lowest BCUT2D eigenvalue weighted by atomic mass is 9.44. The molecule has 0 aromatic carbocycles. The third-order valence-electron chi connectivity index (χ3n) is 9.69. The van der Waals surface area contributed by atoms with Gasteiger partial charge in [-0.25, -0.2) is 0 Å². The molecular weight excluding hydrogens is 296 g/mol. The van der Waals surface area contributed by atoms with Crippen LogP contribution in [0, 0.1) is 46.3 Å². The molecule has 0 radical (unpaired) electrons. The first kappa shape index (κ1) is 17.3. The van der Waals surface area contributed by atoms with Crippen LogP contribution in [-0.2, 0) is 0 Å². The maximum absolute atomic E-state index is 10.3. The maximum Gasteiger partial charge on any atom is 0.0545 e. The van der Waals surface area contributed by atoms with E-state index in [1.54, 1.807) is 0 Å². The van der Waals surface area contributed by atoms with Crippen molar-refractivity contribution in [1.82, 2.24) is 0 Å². The highest BCUT2D eigenvalue weighted by Gasteiger charge is 2.60. The summed E-state index contributed by atoms with van der Waals surface area (Å²) in [6, 6.07) is 0. The summed E-state index contributed by atoms with van der Waals surface area (Å²) >= 11 is 0. The summed E-state index contributed by atoms with van der Waals surface area (Å²) in [7, 11) is 0. The highest BCUT2D eigenvalue weighted by molar-refractivity contribution is 5.09. The maximum atomic E-state index is 10.3. The second kappa shape index (κ2) is 5.98. The standard InChI is InChI=1S/C22H38O2/c1-14(24)18-6-7-19-17-5-4-16-12-15(13-23)8-10-21(16,2)20(17)9-11-22(18,19)3/h14-20,23-24H,4-13H2,1-3H3/t14-,15?,16?,17?,18-,19?,20?,21+,22-/m1/s1. The second-order valence-corrected chi connectivity index (χ2v) is 10.4. The van der Waals surface area contributed by atoms with Crippen LogP contribution in [0.25, 0.3) is 0 Å². The van der Waals surface area contributed by atoms with Crippen molar-refractivity contribution >= 4 is 0 Å². The van der Waals surface area contributed by atoms with Crippen LogP contribution in [-0.4, -0.2) is 22.9 Å². The average Bonchev–Trinajstić information content (AvgIpc) is 2.91. The van der Waals surface area contributed by atoms with Gasteiger partial charge in [0.2, 0.25) is 0 Å². The first-order valence-corrected chi connectivity index (χ1v) is 10.7. The molecular formula is C22H38O2. The van der Waals surface area contributed by atoms with Gasteiger partial charge in [0.1, 0.15) is 0 Å². The Morgan fingerprint density at radius 1 is 0.917 bits per heavy atom. The van der Waals surface area contributed by atoms with Gasteiger partial charge in [-0.3, -0.25) is 0 Å². The van der Waals surface area contributed by atoms with Gasteiger partial charge in [-0.2, -0.15) is 0 Å². The van der Waals surface area contributed by atoms with Crippen LogP contribution >= 0.6 is 0 Å². The van der Waals surface area contributed by atoms with Gasteiger partial charge in [0.15, 0.2) is 0 Å². The van der Waals surface area contributed by atoms with E-state index in [-0.39, 0.29) is 6.10 Å². The molecule has 0 aromatic rings. The minimum Gasteiger partial charge on any atom is -0.396 e. The molecule has 0 amide bonds. The Morgan fingerprint density at radius 3 is 2.33 bits per heavy atom. The topological polar surface area (TPSA) is 40.5 Å². The van der Waals surface area contributed by atoms with Gasteiger partial charge < -0.3 is 10.2 Å². The Labute approximate surface area is 148 Å². The van der Waals surface area contributed by atoms with Crippen LogP contribution in [0.4, 0.5) is 0 Å². The van der Waals surface area contributed by atoms with E-state index in [1.807, 2.05) is 6.92 Å². The van der Waals surface area contributed by atoms with Crippen molar-refractivity contribution in [3.63, 3.8) is 0 Å². The molecule has 4 aliphatic carbocycles. The van der Waals surface area contributed by atoms with Gasteiger partial charge in [0, 0.05) is 6.61 Å². The summed E-state index contributed by atoms with van der Waals surface area (Å²) in [6.07, 6.45) is 11.8. The van der Waals surface area contributed by atoms with E-state index in [9.17, 15) is 10.2 Å². The molecule has 2 heteroatoms. The minimum absolute atomic E-state index is 0.136. The normalized spacial score (nSPS) is 55.4. The third-order valence-corrected chi connectivity index (χ3v) is 9.69. The third kappa shape index (κ3) is 2.35. The Morgan fingerprint density at radius 2 is 1.62 bits per heavy atom. The van der Waals surface area contributed by atoms with Gasteiger partial charge in [0.25, 0.3) is 0 Å². The van der Waals surface area contributed by atoms with Crippen molar-refractivity contribution in [2.75, 3.05) is 6.61 Å². The smallest absolute Gasteiger partial charge is 0.0545 e. The Hall–Kier alpha value is -0.0800. The predicted octanol–water partition coefficient (Wildman–Crippen LogP) is 4.63. The lowest BCUT2D eigenvalue weighted by Crippen LogP contribution is -2.54. The molecule has 24 heavy (non-hydrogen) atoms. The molecule has 138 valence electrons. The monoisotopic (exact) mass is 334 g/mol. The van der Waals surface area contributed by atoms with Crippen LogP contribution in [0.2, 0.25) is 0 Å². The fourth-order valence-corrected chi connectivity index (χ4v) is 8.35. The van der Waals surface area contributed by atoms with E-state index in [0.29, 0.717) is 29.3 Å². The van der Waals surface area contributed by atoms with Crippen LogP contribution in [0.5, 0.6) is 0 Å². The van der Waals surface area contributed by atoms with E-state index in [1.165, 1.54) is 57.8 Å². The number of hydrogen-bond acceptors (Lipinski definition) is 2. The average molecular weight is 335 g/mol. The van der Waals surface area contributed by atoms with Gasteiger partial charge in [0.05, 0.1) is 6.10 Å². The molecule has 2 N–H and O–H groups in total. The van der Waals surface area contributed by atoms with Crippen molar-refractivity contribution in [1.29, 1.82) is 0 Å². The Kier molecular flexibility index (Phi) is 4.32. The highest BCUT2D eigenvalue weighted by atomic mass is 16.3. The summed E-state index contributed by atoms with van der Waals surface area (Å²) in [6.45, 7) is 7.54. The van der Waals surface area contributed by atoms with Crippen LogP contribution in [0.3, 0.4) is 0 Å². The fraction of sp³-hybridized carbons (Fsp3) is 1.00. The highest BCUT2D eigenvalue weighted by Crippen LogP contribution is 2.68. The minimum atomic E-state index is -0.136. The number of fused-ring (bicyclic) bond motifs is 5. The van der Waals surface area contributed by atoms with Crippen molar-refractivity contribution in [3.8, 4) is 0 Å². The Bertz CT molecular complexity index is 475. The van der Waals surface area contributed by atoms with Crippen molar-refractivity contribution in [2.24, 2.45) is 46.3 Å². The molecule has 0 bridgehead atoms. The van der Waals surface area contributed by atoms with Crippen LogP contribution in [0.15, 0.2) is 0 Å². The van der Waals surface area contributed by atoms with E-state index < -0.39 is 0 Å². The first-order valence-electron chi connectivity index (χ1n) is 10.7. The molecule has 0 saturated heterocycles. The van der Waals surface area contributed by atoms with Crippen LogP contribution < -0.4 is 0 Å². The molecule has 2 nitrogen and oxygen atoms in total. The molecule has 0 heterocycles. The zero-order valence-electron chi connectivity index (χ0n) is 16.0. The van der Waals surface area contributed by atoms with E-state index in [2.05, 4.69) is 13.8 Å². The summed E-state index contributed by atoms with van der Waals surface area (Å²) in [5.41, 5.74) is 0.916. The number of hydrogen-bond donors (Lipinski definition) is 2. The van der Waals surface area contributed by atoms with Gasteiger partial charge in [-0.05, 0) is 111 Å². The van der Waals surface area contributed by atoms with Crippen LogP contribution in [0.1, 0.15) is 78.6 Å². The summed E-state index contributed by atoms with van der Waals surface area (Å²) < 4.78 is 0. The molecule has 4 aliphatic rings. The molecule has 4 rings (SSSR count).